The van der Waals surface area contributed by atoms with E-state index in [1.54, 1.807) is 14.1 Å². The van der Waals surface area contributed by atoms with E-state index >= 15 is 0 Å². The van der Waals surface area contributed by atoms with Crippen LogP contribution in [0.4, 0.5) is 0 Å². The van der Waals surface area contributed by atoms with E-state index < -0.39 is 0 Å². The zero-order chi connectivity index (χ0) is 18.6. The van der Waals surface area contributed by atoms with Crippen molar-refractivity contribution in [3.05, 3.63) is 35.4 Å². The number of carbonyl (C=O) groups is 1. The fraction of sp³-hybridized carbons (Fsp3) is 0.600. The van der Waals surface area contributed by atoms with Crippen LogP contribution in [0.1, 0.15) is 54.4 Å². The number of guanidine groups is 1. The SMILES string of the molecule is CN=C(NCCCOC1CCCCC1)NCc1cccc(C(=O)NC)c1.I. The van der Waals surface area contributed by atoms with Gasteiger partial charge in [-0.1, -0.05) is 31.4 Å². The summed E-state index contributed by atoms with van der Waals surface area (Å²) in [6.45, 7) is 2.23. The van der Waals surface area contributed by atoms with Crippen molar-refractivity contribution in [2.45, 2.75) is 51.2 Å². The van der Waals surface area contributed by atoms with E-state index in [9.17, 15) is 4.79 Å². The second kappa shape index (κ2) is 13.8. The van der Waals surface area contributed by atoms with Gasteiger partial charge < -0.3 is 20.7 Å². The fourth-order valence-electron chi connectivity index (χ4n) is 3.13. The van der Waals surface area contributed by atoms with Crippen LogP contribution in [0.2, 0.25) is 0 Å². The van der Waals surface area contributed by atoms with Crippen molar-refractivity contribution in [1.82, 2.24) is 16.0 Å². The summed E-state index contributed by atoms with van der Waals surface area (Å²) in [4.78, 5) is 15.9. The van der Waals surface area contributed by atoms with Gasteiger partial charge in [0.2, 0.25) is 0 Å². The molecule has 0 heterocycles. The molecule has 152 valence electrons. The molecule has 0 aromatic heterocycles. The second-order valence-corrected chi connectivity index (χ2v) is 6.62. The van der Waals surface area contributed by atoms with Crippen molar-refractivity contribution in [2.75, 3.05) is 27.2 Å². The lowest BCUT2D eigenvalue weighted by Crippen LogP contribution is -2.37. The molecule has 1 amide bonds. The average molecular weight is 488 g/mol. The number of nitrogens with zero attached hydrogens (tertiary/aromatic N) is 1. The van der Waals surface area contributed by atoms with E-state index in [0.717, 1.165) is 31.1 Å². The zero-order valence-corrected chi connectivity index (χ0v) is 18.8. The molecule has 3 N–H and O–H groups in total. The van der Waals surface area contributed by atoms with Crippen LogP contribution in [-0.4, -0.2) is 45.2 Å². The average Bonchev–Trinajstić information content (AvgIpc) is 2.70. The first-order valence-corrected chi connectivity index (χ1v) is 9.60. The summed E-state index contributed by atoms with van der Waals surface area (Å²) in [5.41, 5.74) is 1.70. The summed E-state index contributed by atoms with van der Waals surface area (Å²) >= 11 is 0. The molecule has 1 aliphatic rings. The van der Waals surface area contributed by atoms with Gasteiger partial charge in [0.25, 0.3) is 5.91 Å². The molecule has 0 atom stereocenters. The van der Waals surface area contributed by atoms with Crippen LogP contribution in [-0.2, 0) is 11.3 Å². The van der Waals surface area contributed by atoms with Crippen molar-refractivity contribution in [1.29, 1.82) is 0 Å². The Morgan fingerprint density at radius 3 is 2.70 bits per heavy atom. The van der Waals surface area contributed by atoms with E-state index in [1.165, 1.54) is 32.1 Å². The molecule has 0 aliphatic heterocycles. The van der Waals surface area contributed by atoms with Gasteiger partial charge in [-0.15, -0.1) is 24.0 Å². The van der Waals surface area contributed by atoms with Crippen LogP contribution in [0.5, 0.6) is 0 Å². The Balaban J connectivity index is 0.00000364. The lowest BCUT2D eigenvalue weighted by molar-refractivity contribution is 0.0277. The normalized spacial score (nSPS) is 15.0. The van der Waals surface area contributed by atoms with Gasteiger partial charge in [-0.05, 0) is 37.0 Å². The van der Waals surface area contributed by atoms with Gasteiger partial charge in [-0.3, -0.25) is 9.79 Å². The molecule has 1 fully saturated rings. The molecule has 0 radical (unpaired) electrons. The van der Waals surface area contributed by atoms with Gasteiger partial charge in [-0.2, -0.15) is 0 Å². The summed E-state index contributed by atoms with van der Waals surface area (Å²) in [6.07, 6.45) is 7.83. The molecule has 27 heavy (non-hydrogen) atoms. The molecule has 2 rings (SSSR count). The minimum Gasteiger partial charge on any atom is -0.378 e. The summed E-state index contributed by atoms with van der Waals surface area (Å²) < 4.78 is 5.94. The van der Waals surface area contributed by atoms with Gasteiger partial charge >= 0.3 is 0 Å². The Labute approximate surface area is 179 Å². The number of aliphatic imine (C=N–C) groups is 1. The minimum atomic E-state index is -0.0766. The summed E-state index contributed by atoms with van der Waals surface area (Å²) in [5, 5.41) is 9.22. The fourth-order valence-corrected chi connectivity index (χ4v) is 3.13. The molecule has 1 aromatic carbocycles. The van der Waals surface area contributed by atoms with E-state index in [0.29, 0.717) is 18.2 Å². The number of hydrogen-bond acceptors (Lipinski definition) is 3. The highest BCUT2D eigenvalue weighted by Gasteiger charge is 2.13. The van der Waals surface area contributed by atoms with Gasteiger partial charge in [0.1, 0.15) is 0 Å². The number of halogens is 1. The first-order chi connectivity index (χ1) is 12.7. The summed E-state index contributed by atoms with van der Waals surface area (Å²) in [5.74, 6) is 0.681. The number of ether oxygens (including phenoxy) is 1. The van der Waals surface area contributed by atoms with Crippen LogP contribution in [0, 0.1) is 0 Å². The van der Waals surface area contributed by atoms with Crippen molar-refractivity contribution in [2.24, 2.45) is 4.99 Å². The zero-order valence-electron chi connectivity index (χ0n) is 16.4. The van der Waals surface area contributed by atoms with Gasteiger partial charge in [0.15, 0.2) is 5.96 Å². The highest BCUT2D eigenvalue weighted by Crippen LogP contribution is 2.20. The third-order valence-corrected chi connectivity index (χ3v) is 4.62. The number of nitrogens with one attached hydrogen (secondary N) is 3. The number of rotatable bonds is 8. The topological polar surface area (TPSA) is 74.8 Å². The molecule has 7 heteroatoms. The smallest absolute Gasteiger partial charge is 0.251 e. The summed E-state index contributed by atoms with van der Waals surface area (Å²) in [6, 6.07) is 7.57. The molecule has 0 saturated heterocycles. The van der Waals surface area contributed by atoms with Gasteiger partial charge in [0.05, 0.1) is 6.10 Å². The Morgan fingerprint density at radius 1 is 1.22 bits per heavy atom. The maximum atomic E-state index is 11.7. The lowest BCUT2D eigenvalue weighted by atomic mass is 9.98. The molecule has 1 saturated carbocycles. The van der Waals surface area contributed by atoms with Crippen molar-refractivity contribution in [3.63, 3.8) is 0 Å². The molecule has 0 bridgehead atoms. The molecule has 0 spiro atoms. The molecule has 0 unspecified atom stereocenters. The minimum absolute atomic E-state index is 0. The molecular weight excluding hydrogens is 455 g/mol. The van der Waals surface area contributed by atoms with E-state index in [4.69, 9.17) is 4.74 Å². The van der Waals surface area contributed by atoms with E-state index in [1.807, 2.05) is 24.3 Å². The third-order valence-electron chi connectivity index (χ3n) is 4.62. The van der Waals surface area contributed by atoms with Crippen LogP contribution in [0.3, 0.4) is 0 Å². The molecule has 1 aliphatic carbocycles. The van der Waals surface area contributed by atoms with Gasteiger partial charge in [0, 0.05) is 39.4 Å². The molecule has 1 aromatic rings. The Hall–Kier alpha value is -1.35. The second-order valence-electron chi connectivity index (χ2n) is 6.62. The first-order valence-electron chi connectivity index (χ1n) is 9.60. The van der Waals surface area contributed by atoms with Crippen molar-refractivity contribution in [3.8, 4) is 0 Å². The quantitative estimate of drug-likeness (QED) is 0.228. The number of amides is 1. The maximum Gasteiger partial charge on any atom is 0.251 e. The maximum absolute atomic E-state index is 11.7. The number of benzene rings is 1. The third kappa shape index (κ3) is 8.92. The van der Waals surface area contributed by atoms with Crippen LogP contribution < -0.4 is 16.0 Å². The van der Waals surface area contributed by atoms with Crippen LogP contribution >= 0.6 is 24.0 Å². The van der Waals surface area contributed by atoms with E-state index in [2.05, 4.69) is 20.9 Å². The number of hydrogen-bond donors (Lipinski definition) is 3. The predicted octanol–water partition coefficient (Wildman–Crippen LogP) is 3.07. The Bertz CT molecular complexity index is 589. The van der Waals surface area contributed by atoms with Crippen LogP contribution in [0.25, 0.3) is 0 Å². The standard InChI is InChI=1S/C20H32N4O2.HI/c1-21-19(25)17-9-6-8-16(14-17)15-24-20(22-2)23-12-7-13-26-18-10-4-3-5-11-18;/h6,8-9,14,18H,3-5,7,10-13,15H2,1-2H3,(H,21,25)(H2,22,23,24);1H. The highest BCUT2D eigenvalue weighted by molar-refractivity contribution is 14.0. The van der Waals surface area contributed by atoms with Crippen molar-refractivity contribution >= 4 is 35.8 Å². The van der Waals surface area contributed by atoms with Crippen LogP contribution in [0.15, 0.2) is 29.3 Å². The van der Waals surface area contributed by atoms with Crippen molar-refractivity contribution < 1.29 is 9.53 Å². The Kier molecular flexibility index (Phi) is 12.1. The summed E-state index contributed by atoms with van der Waals surface area (Å²) in [7, 11) is 3.39. The first kappa shape index (κ1) is 23.7. The largest absolute Gasteiger partial charge is 0.378 e. The Morgan fingerprint density at radius 2 is 2.00 bits per heavy atom. The molecule has 6 nitrogen and oxygen atoms in total. The highest BCUT2D eigenvalue weighted by atomic mass is 127. The van der Waals surface area contributed by atoms with Gasteiger partial charge in [-0.25, -0.2) is 0 Å². The monoisotopic (exact) mass is 488 g/mol. The van der Waals surface area contributed by atoms with E-state index in [-0.39, 0.29) is 29.9 Å². The molecular formula is C20H33IN4O2. The lowest BCUT2D eigenvalue weighted by Gasteiger charge is -2.22. The number of carbonyl (C=O) groups excluding carboxylic acids is 1. The predicted molar refractivity (Wildman–Crippen MR) is 121 cm³/mol.